The summed E-state index contributed by atoms with van der Waals surface area (Å²) in [7, 11) is 1.74. The van der Waals surface area contributed by atoms with Crippen molar-refractivity contribution in [2.24, 2.45) is 0 Å². The number of nitrogens with zero attached hydrogens (tertiary/aromatic N) is 3. The Labute approximate surface area is 117 Å². The maximum atomic E-state index is 12.8. The normalized spacial score (nSPS) is 11.5. The summed E-state index contributed by atoms with van der Waals surface area (Å²) in [5, 5.41) is 2.80. The molecule has 0 radical (unpaired) electrons. The van der Waals surface area contributed by atoms with E-state index in [1.807, 2.05) is 0 Å². The molecular formula is C13H21F3N4. The molecule has 0 saturated carbocycles. The Morgan fingerprint density at radius 1 is 1.20 bits per heavy atom. The highest BCUT2D eigenvalue weighted by Gasteiger charge is 2.35. The van der Waals surface area contributed by atoms with Crippen molar-refractivity contribution in [3.05, 3.63) is 11.9 Å². The highest BCUT2D eigenvalue weighted by molar-refractivity contribution is 5.49. The smallest absolute Gasteiger partial charge is 0.370 e. The zero-order chi connectivity index (χ0) is 15.2. The highest BCUT2D eigenvalue weighted by atomic mass is 19.4. The molecule has 0 aromatic carbocycles. The molecule has 0 spiro atoms. The van der Waals surface area contributed by atoms with Gasteiger partial charge in [0.25, 0.3) is 0 Å². The fourth-order valence-corrected chi connectivity index (χ4v) is 1.74. The summed E-state index contributed by atoms with van der Waals surface area (Å²) in [4.78, 5) is 8.84. The fraction of sp³-hybridized carbons (Fsp3) is 0.692. The number of aromatic nitrogens is 2. The van der Waals surface area contributed by atoms with Crippen LogP contribution in [-0.4, -0.2) is 30.1 Å². The molecule has 20 heavy (non-hydrogen) atoms. The van der Waals surface area contributed by atoms with Gasteiger partial charge in [0.15, 0.2) is 0 Å². The van der Waals surface area contributed by atoms with Gasteiger partial charge >= 0.3 is 6.18 Å². The number of nitrogens with one attached hydrogen (secondary N) is 1. The van der Waals surface area contributed by atoms with Crippen molar-refractivity contribution in [3.63, 3.8) is 0 Å². The summed E-state index contributed by atoms with van der Waals surface area (Å²) < 4.78 is 38.4. The second kappa shape index (κ2) is 7.31. The van der Waals surface area contributed by atoms with E-state index in [9.17, 15) is 13.2 Å². The molecule has 1 aromatic heterocycles. The SMILES string of the molecule is CCCCCN(C)c1cc(NCC)nc(C(F)(F)F)n1. The third kappa shape index (κ3) is 4.86. The molecule has 1 rings (SSSR count). The Bertz CT molecular complexity index is 421. The second-order valence-corrected chi connectivity index (χ2v) is 4.59. The van der Waals surface area contributed by atoms with Gasteiger partial charge in [0, 0.05) is 26.2 Å². The van der Waals surface area contributed by atoms with E-state index in [0.717, 1.165) is 19.3 Å². The Kier molecular flexibility index (Phi) is 6.04. The van der Waals surface area contributed by atoms with Crippen molar-refractivity contribution < 1.29 is 13.2 Å². The molecule has 0 amide bonds. The summed E-state index contributed by atoms with van der Waals surface area (Å²) in [6, 6.07) is 1.55. The minimum Gasteiger partial charge on any atom is -0.370 e. The van der Waals surface area contributed by atoms with Gasteiger partial charge in [-0.15, -0.1) is 0 Å². The van der Waals surface area contributed by atoms with Crippen molar-refractivity contribution in [2.45, 2.75) is 39.3 Å². The number of hydrogen-bond acceptors (Lipinski definition) is 4. The van der Waals surface area contributed by atoms with E-state index in [-0.39, 0.29) is 5.82 Å². The maximum Gasteiger partial charge on any atom is 0.451 e. The topological polar surface area (TPSA) is 41.0 Å². The Hall–Kier alpha value is -1.53. The van der Waals surface area contributed by atoms with Gasteiger partial charge in [-0.25, -0.2) is 9.97 Å². The van der Waals surface area contributed by atoms with Crippen LogP contribution < -0.4 is 10.2 Å². The first-order chi connectivity index (χ1) is 9.38. The number of hydrogen-bond donors (Lipinski definition) is 1. The quantitative estimate of drug-likeness (QED) is 0.780. The van der Waals surface area contributed by atoms with E-state index in [0.29, 0.717) is 18.9 Å². The van der Waals surface area contributed by atoms with E-state index < -0.39 is 12.0 Å². The predicted octanol–water partition coefficient (Wildman–Crippen LogP) is 3.55. The summed E-state index contributed by atoms with van der Waals surface area (Å²) in [5.74, 6) is -0.611. The molecule has 1 heterocycles. The lowest BCUT2D eigenvalue weighted by Crippen LogP contribution is -2.23. The number of unbranched alkanes of at least 4 members (excludes halogenated alkanes) is 2. The van der Waals surface area contributed by atoms with Crippen LogP contribution in [0.25, 0.3) is 0 Å². The van der Waals surface area contributed by atoms with Gasteiger partial charge < -0.3 is 10.2 Å². The lowest BCUT2D eigenvalue weighted by atomic mass is 10.2. The minimum absolute atomic E-state index is 0.201. The molecule has 0 atom stereocenters. The third-order valence-electron chi connectivity index (χ3n) is 2.81. The molecule has 1 N–H and O–H groups in total. The summed E-state index contributed by atoms with van der Waals surface area (Å²) in [5.41, 5.74) is 0. The minimum atomic E-state index is -4.54. The lowest BCUT2D eigenvalue weighted by Gasteiger charge is -2.20. The van der Waals surface area contributed by atoms with E-state index >= 15 is 0 Å². The molecule has 0 bridgehead atoms. The van der Waals surface area contributed by atoms with Crippen LogP contribution in [0.4, 0.5) is 24.8 Å². The van der Waals surface area contributed by atoms with Crippen molar-refractivity contribution in [3.8, 4) is 0 Å². The zero-order valence-corrected chi connectivity index (χ0v) is 12.1. The van der Waals surface area contributed by atoms with Crippen LogP contribution in [0, 0.1) is 0 Å². The molecular weight excluding hydrogens is 269 g/mol. The number of halogens is 3. The molecule has 4 nitrogen and oxygen atoms in total. The average molecular weight is 290 g/mol. The van der Waals surface area contributed by atoms with Crippen molar-refractivity contribution in [2.75, 3.05) is 30.4 Å². The first-order valence-corrected chi connectivity index (χ1v) is 6.79. The van der Waals surface area contributed by atoms with Gasteiger partial charge in [0.05, 0.1) is 0 Å². The van der Waals surface area contributed by atoms with Gasteiger partial charge in [-0.2, -0.15) is 13.2 Å². The van der Waals surface area contributed by atoms with E-state index in [2.05, 4.69) is 22.2 Å². The van der Waals surface area contributed by atoms with Crippen LogP contribution >= 0.6 is 0 Å². The largest absolute Gasteiger partial charge is 0.451 e. The van der Waals surface area contributed by atoms with Crippen molar-refractivity contribution >= 4 is 11.6 Å². The molecule has 114 valence electrons. The van der Waals surface area contributed by atoms with Gasteiger partial charge in [0.1, 0.15) is 11.6 Å². The van der Waals surface area contributed by atoms with Crippen LogP contribution in [0.3, 0.4) is 0 Å². The Morgan fingerprint density at radius 3 is 2.45 bits per heavy atom. The number of anilines is 2. The predicted molar refractivity (Wildman–Crippen MR) is 74.0 cm³/mol. The molecule has 0 unspecified atom stereocenters. The highest BCUT2D eigenvalue weighted by Crippen LogP contribution is 2.29. The van der Waals surface area contributed by atoms with Crippen molar-refractivity contribution in [1.29, 1.82) is 0 Å². The van der Waals surface area contributed by atoms with E-state index in [1.165, 1.54) is 0 Å². The van der Waals surface area contributed by atoms with Gasteiger partial charge in [0.2, 0.25) is 5.82 Å². The van der Waals surface area contributed by atoms with Gasteiger partial charge in [-0.05, 0) is 13.3 Å². The van der Waals surface area contributed by atoms with Crippen LogP contribution in [-0.2, 0) is 6.18 Å². The van der Waals surface area contributed by atoms with Gasteiger partial charge in [-0.3, -0.25) is 0 Å². The first-order valence-electron chi connectivity index (χ1n) is 6.79. The first kappa shape index (κ1) is 16.5. The van der Waals surface area contributed by atoms with Crippen LogP contribution in [0.5, 0.6) is 0 Å². The average Bonchev–Trinajstić information content (AvgIpc) is 2.38. The van der Waals surface area contributed by atoms with Crippen LogP contribution in [0.2, 0.25) is 0 Å². The summed E-state index contributed by atoms with van der Waals surface area (Å²) in [6.07, 6.45) is -1.50. The molecule has 0 fully saturated rings. The van der Waals surface area contributed by atoms with Crippen LogP contribution in [0.1, 0.15) is 38.9 Å². The Balaban J connectivity index is 2.96. The van der Waals surface area contributed by atoms with Crippen LogP contribution in [0.15, 0.2) is 6.07 Å². The van der Waals surface area contributed by atoms with Crippen molar-refractivity contribution in [1.82, 2.24) is 9.97 Å². The molecule has 0 saturated heterocycles. The Morgan fingerprint density at radius 2 is 1.90 bits per heavy atom. The van der Waals surface area contributed by atoms with Gasteiger partial charge in [-0.1, -0.05) is 19.8 Å². The number of alkyl halides is 3. The lowest BCUT2D eigenvalue weighted by molar-refractivity contribution is -0.144. The van der Waals surface area contributed by atoms with E-state index in [1.54, 1.807) is 24.9 Å². The number of rotatable bonds is 7. The fourth-order valence-electron chi connectivity index (χ4n) is 1.74. The standard InChI is InChI=1S/C13H21F3N4/c1-4-6-7-8-20(3)11-9-10(17-5-2)18-12(19-11)13(14,15)16/h9H,4-8H2,1-3H3,(H,17,18,19). The second-order valence-electron chi connectivity index (χ2n) is 4.59. The van der Waals surface area contributed by atoms with E-state index in [4.69, 9.17) is 0 Å². The summed E-state index contributed by atoms with van der Waals surface area (Å²) in [6.45, 7) is 5.07. The molecule has 1 aromatic rings. The molecule has 0 aliphatic rings. The maximum absolute atomic E-state index is 12.8. The third-order valence-corrected chi connectivity index (χ3v) is 2.81. The molecule has 0 aliphatic carbocycles. The zero-order valence-electron chi connectivity index (χ0n) is 12.1. The monoisotopic (exact) mass is 290 g/mol. The summed E-state index contributed by atoms with van der Waals surface area (Å²) >= 11 is 0. The molecule has 7 heteroatoms. The molecule has 0 aliphatic heterocycles.